The number of pyridine rings is 1. The second-order valence-electron chi connectivity index (χ2n) is 5.56. The molecule has 5 nitrogen and oxygen atoms in total. The number of hydrogen-bond donors (Lipinski definition) is 1. The number of nitrogens with one attached hydrogen (secondary N) is 1. The zero-order chi connectivity index (χ0) is 14.8. The summed E-state index contributed by atoms with van der Waals surface area (Å²) in [6.45, 7) is 1.45. The molecule has 0 bridgehead atoms. The number of imidazole rings is 1. The fourth-order valence-corrected chi connectivity index (χ4v) is 2.35. The summed E-state index contributed by atoms with van der Waals surface area (Å²) in [5.74, 6) is 1.92. The highest BCUT2D eigenvalue weighted by Gasteiger charge is 2.21. The Hall–Kier alpha value is -1.59. The first-order valence-electron chi connectivity index (χ1n) is 7.19. The van der Waals surface area contributed by atoms with Crippen LogP contribution in [0.2, 0.25) is 5.02 Å². The molecule has 21 heavy (non-hydrogen) atoms. The predicted octanol–water partition coefficient (Wildman–Crippen LogP) is 2.36. The van der Waals surface area contributed by atoms with Crippen molar-refractivity contribution in [3.8, 4) is 0 Å². The van der Waals surface area contributed by atoms with Crippen molar-refractivity contribution < 1.29 is 0 Å². The lowest BCUT2D eigenvalue weighted by Gasteiger charge is -2.19. The van der Waals surface area contributed by atoms with Crippen LogP contribution in [0.1, 0.15) is 24.4 Å². The number of nitrogens with zero attached hydrogens (tertiary/aromatic N) is 4. The SMILES string of the molecule is CN(Cc1nccn1C)c1ccc(Cl)c(CNC2CC2)n1. The van der Waals surface area contributed by atoms with Crippen molar-refractivity contribution in [1.29, 1.82) is 0 Å². The molecule has 1 fully saturated rings. The van der Waals surface area contributed by atoms with Gasteiger partial charge in [-0.05, 0) is 25.0 Å². The summed E-state index contributed by atoms with van der Waals surface area (Å²) in [4.78, 5) is 11.1. The second-order valence-corrected chi connectivity index (χ2v) is 5.97. The topological polar surface area (TPSA) is 46.0 Å². The second kappa shape index (κ2) is 6.03. The van der Waals surface area contributed by atoms with Gasteiger partial charge in [-0.15, -0.1) is 0 Å². The molecule has 3 rings (SSSR count). The summed E-state index contributed by atoms with van der Waals surface area (Å²) < 4.78 is 2.02. The third-order valence-electron chi connectivity index (χ3n) is 3.73. The van der Waals surface area contributed by atoms with E-state index in [2.05, 4.69) is 20.2 Å². The van der Waals surface area contributed by atoms with Gasteiger partial charge in [0.05, 0.1) is 17.3 Å². The van der Waals surface area contributed by atoms with Crippen LogP contribution in [0.25, 0.3) is 0 Å². The molecular weight excluding hydrogens is 286 g/mol. The zero-order valence-electron chi connectivity index (χ0n) is 12.4. The van der Waals surface area contributed by atoms with E-state index in [0.29, 0.717) is 12.6 Å². The van der Waals surface area contributed by atoms with E-state index in [-0.39, 0.29) is 0 Å². The first-order chi connectivity index (χ1) is 10.1. The van der Waals surface area contributed by atoms with Crippen LogP contribution in [0.4, 0.5) is 5.82 Å². The molecule has 0 unspecified atom stereocenters. The normalized spacial score (nSPS) is 14.4. The lowest BCUT2D eigenvalue weighted by molar-refractivity contribution is 0.672. The molecule has 1 N–H and O–H groups in total. The molecule has 2 heterocycles. The van der Waals surface area contributed by atoms with Crippen LogP contribution in [-0.4, -0.2) is 27.6 Å². The number of halogens is 1. The third-order valence-corrected chi connectivity index (χ3v) is 4.07. The minimum atomic E-state index is 0.650. The molecular formula is C15H20ClN5. The Labute approximate surface area is 130 Å². The van der Waals surface area contributed by atoms with Gasteiger partial charge in [-0.2, -0.15) is 0 Å². The van der Waals surface area contributed by atoms with Crippen molar-refractivity contribution in [3.05, 3.63) is 41.1 Å². The fraction of sp³-hybridized carbons (Fsp3) is 0.467. The van der Waals surface area contributed by atoms with Crippen molar-refractivity contribution in [2.24, 2.45) is 7.05 Å². The van der Waals surface area contributed by atoms with Gasteiger partial charge >= 0.3 is 0 Å². The summed E-state index contributed by atoms with van der Waals surface area (Å²) in [6.07, 6.45) is 6.28. The maximum atomic E-state index is 6.24. The lowest BCUT2D eigenvalue weighted by atomic mass is 10.3. The molecule has 0 saturated heterocycles. The van der Waals surface area contributed by atoms with Crippen molar-refractivity contribution in [3.63, 3.8) is 0 Å². The summed E-state index contributed by atoms with van der Waals surface area (Å²) in [7, 11) is 4.01. The van der Waals surface area contributed by atoms with E-state index in [0.717, 1.165) is 28.9 Å². The predicted molar refractivity (Wildman–Crippen MR) is 84.4 cm³/mol. The molecule has 0 amide bonds. The maximum absolute atomic E-state index is 6.24. The average molecular weight is 306 g/mol. The van der Waals surface area contributed by atoms with Gasteiger partial charge in [-0.1, -0.05) is 11.6 Å². The highest BCUT2D eigenvalue weighted by Crippen LogP contribution is 2.22. The van der Waals surface area contributed by atoms with E-state index >= 15 is 0 Å². The van der Waals surface area contributed by atoms with Crippen molar-refractivity contribution in [1.82, 2.24) is 19.9 Å². The van der Waals surface area contributed by atoms with Gasteiger partial charge in [-0.25, -0.2) is 9.97 Å². The van der Waals surface area contributed by atoms with Crippen LogP contribution in [0, 0.1) is 0 Å². The van der Waals surface area contributed by atoms with E-state index in [9.17, 15) is 0 Å². The van der Waals surface area contributed by atoms with Crippen molar-refractivity contribution in [2.75, 3.05) is 11.9 Å². The van der Waals surface area contributed by atoms with E-state index < -0.39 is 0 Å². The van der Waals surface area contributed by atoms with Gasteiger partial charge < -0.3 is 14.8 Å². The number of hydrogen-bond acceptors (Lipinski definition) is 4. The molecule has 1 saturated carbocycles. The number of aromatic nitrogens is 3. The van der Waals surface area contributed by atoms with Gasteiger partial charge in [0, 0.05) is 39.1 Å². The molecule has 2 aromatic heterocycles. The molecule has 0 atom stereocenters. The summed E-state index contributed by atoms with van der Waals surface area (Å²) in [6, 6.07) is 4.52. The Morgan fingerprint density at radius 3 is 2.90 bits per heavy atom. The standard InChI is InChI=1S/C15H20ClN5/c1-20-8-7-17-15(20)10-21(2)14-6-5-12(16)13(19-14)9-18-11-3-4-11/h5-8,11,18H,3-4,9-10H2,1-2H3. The molecule has 1 aliphatic rings. The summed E-state index contributed by atoms with van der Waals surface area (Å²) in [5, 5.41) is 4.17. The highest BCUT2D eigenvalue weighted by atomic mass is 35.5. The van der Waals surface area contributed by atoms with Crippen LogP contribution < -0.4 is 10.2 Å². The minimum Gasteiger partial charge on any atom is -0.352 e. The Morgan fingerprint density at radius 2 is 2.24 bits per heavy atom. The molecule has 0 aromatic carbocycles. The summed E-state index contributed by atoms with van der Waals surface area (Å²) in [5.41, 5.74) is 0.910. The smallest absolute Gasteiger partial charge is 0.129 e. The summed E-state index contributed by atoms with van der Waals surface area (Å²) >= 11 is 6.24. The van der Waals surface area contributed by atoms with Crippen LogP contribution in [0.15, 0.2) is 24.5 Å². The molecule has 112 valence electrons. The van der Waals surface area contributed by atoms with Crippen LogP contribution in [0.3, 0.4) is 0 Å². The molecule has 2 aromatic rings. The Bertz CT molecular complexity index is 620. The minimum absolute atomic E-state index is 0.650. The van der Waals surface area contributed by atoms with Gasteiger partial charge in [-0.3, -0.25) is 0 Å². The molecule has 0 spiro atoms. The highest BCUT2D eigenvalue weighted by molar-refractivity contribution is 6.31. The number of rotatable bonds is 6. The van der Waals surface area contributed by atoms with E-state index in [1.165, 1.54) is 12.8 Å². The Balaban J connectivity index is 1.71. The quantitative estimate of drug-likeness (QED) is 0.890. The molecule has 6 heteroatoms. The van der Waals surface area contributed by atoms with Gasteiger partial charge in [0.25, 0.3) is 0 Å². The first-order valence-corrected chi connectivity index (χ1v) is 7.57. The molecule has 0 radical (unpaired) electrons. The van der Waals surface area contributed by atoms with Crippen molar-refractivity contribution in [2.45, 2.75) is 32.0 Å². The van der Waals surface area contributed by atoms with Crippen LogP contribution in [-0.2, 0) is 20.1 Å². The van der Waals surface area contributed by atoms with Crippen molar-refractivity contribution >= 4 is 17.4 Å². The lowest BCUT2D eigenvalue weighted by Crippen LogP contribution is -2.22. The number of aryl methyl sites for hydroxylation is 1. The monoisotopic (exact) mass is 305 g/mol. The maximum Gasteiger partial charge on any atom is 0.129 e. The van der Waals surface area contributed by atoms with Gasteiger partial charge in [0.15, 0.2) is 0 Å². The third kappa shape index (κ3) is 3.54. The van der Waals surface area contributed by atoms with E-state index in [1.807, 2.05) is 43.2 Å². The van der Waals surface area contributed by atoms with Crippen LogP contribution in [0.5, 0.6) is 0 Å². The molecule has 0 aliphatic heterocycles. The van der Waals surface area contributed by atoms with Gasteiger partial charge in [0.1, 0.15) is 11.6 Å². The Morgan fingerprint density at radius 1 is 1.43 bits per heavy atom. The first kappa shape index (κ1) is 14.4. The largest absolute Gasteiger partial charge is 0.352 e. The van der Waals surface area contributed by atoms with Crippen LogP contribution >= 0.6 is 11.6 Å². The fourth-order valence-electron chi connectivity index (χ4n) is 2.18. The van der Waals surface area contributed by atoms with Gasteiger partial charge in [0.2, 0.25) is 0 Å². The van der Waals surface area contributed by atoms with E-state index in [4.69, 9.17) is 11.6 Å². The zero-order valence-corrected chi connectivity index (χ0v) is 13.1. The average Bonchev–Trinajstić information content (AvgIpc) is 3.22. The van der Waals surface area contributed by atoms with E-state index in [1.54, 1.807) is 0 Å². The molecule has 1 aliphatic carbocycles. The number of anilines is 1. The Kier molecular flexibility index (Phi) is 4.12.